The Morgan fingerprint density at radius 3 is 2.73 bits per heavy atom. The molecule has 0 aliphatic rings. The molecule has 5 heteroatoms. The van der Waals surface area contributed by atoms with E-state index in [4.69, 9.17) is 9.47 Å². The number of methoxy groups -OCH3 is 1. The number of aryl methyl sites for hydroxylation is 1. The summed E-state index contributed by atoms with van der Waals surface area (Å²) >= 11 is 0. The van der Waals surface area contributed by atoms with Gasteiger partial charge < -0.3 is 9.47 Å². The van der Waals surface area contributed by atoms with E-state index < -0.39 is 0 Å². The Labute approximate surface area is 177 Å². The van der Waals surface area contributed by atoms with Crippen molar-refractivity contribution in [3.05, 3.63) is 95.8 Å². The summed E-state index contributed by atoms with van der Waals surface area (Å²) in [5.41, 5.74) is 3.45. The van der Waals surface area contributed by atoms with Crippen LogP contribution in [0.5, 0.6) is 11.5 Å². The molecule has 0 aliphatic carbocycles. The van der Waals surface area contributed by atoms with Crippen LogP contribution in [0.15, 0.2) is 73.5 Å². The lowest BCUT2D eigenvalue weighted by atomic mass is 10.1. The molecule has 0 spiro atoms. The van der Waals surface area contributed by atoms with Crippen molar-refractivity contribution in [1.29, 1.82) is 0 Å². The van der Waals surface area contributed by atoms with Crippen LogP contribution in [0.3, 0.4) is 0 Å². The summed E-state index contributed by atoms with van der Waals surface area (Å²) in [4.78, 5) is 12.5. The van der Waals surface area contributed by atoms with Gasteiger partial charge in [0, 0.05) is 18.3 Å². The summed E-state index contributed by atoms with van der Waals surface area (Å²) in [7, 11) is 1.63. The van der Waals surface area contributed by atoms with Crippen LogP contribution in [0, 0.1) is 0 Å². The molecule has 30 heavy (non-hydrogen) atoms. The molecule has 2 aromatic carbocycles. The third-order valence-electron chi connectivity index (χ3n) is 4.72. The smallest absolute Gasteiger partial charge is 0.203 e. The van der Waals surface area contributed by atoms with Crippen molar-refractivity contribution in [2.75, 3.05) is 7.11 Å². The Balaban J connectivity index is 1.77. The number of allylic oxidation sites excluding steroid dienone is 2. The van der Waals surface area contributed by atoms with E-state index in [1.165, 1.54) is 0 Å². The van der Waals surface area contributed by atoms with E-state index in [2.05, 4.69) is 11.7 Å². The number of ether oxygens (including phenoxy) is 2. The molecule has 0 radical (unpaired) electrons. The number of carbonyl (C=O) groups excluding carboxylic acids is 1. The van der Waals surface area contributed by atoms with E-state index in [9.17, 15) is 4.79 Å². The highest BCUT2D eigenvalue weighted by Gasteiger charge is 2.09. The van der Waals surface area contributed by atoms with Crippen LogP contribution in [-0.4, -0.2) is 22.7 Å². The lowest BCUT2D eigenvalue weighted by Gasteiger charge is -2.13. The molecule has 5 nitrogen and oxygen atoms in total. The van der Waals surface area contributed by atoms with Gasteiger partial charge in [0.1, 0.15) is 23.8 Å². The zero-order chi connectivity index (χ0) is 21.3. The van der Waals surface area contributed by atoms with E-state index in [0.717, 1.165) is 34.6 Å². The Hall–Kier alpha value is -3.60. The summed E-state index contributed by atoms with van der Waals surface area (Å²) in [6, 6.07) is 15.4. The lowest BCUT2D eigenvalue weighted by molar-refractivity contribution is 0.103. The highest BCUT2D eigenvalue weighted by atomic mass is 16.5. The zero-order valence-electron chi connectivity index (χ0n) is 17.4. The lowest BCUT2D eigenvalue weighted by Crippen LogP contribution is -2.07. The van der Waals surface area contributed by atoms with Gasteiger partial charge in [-0.25, -0.2) is 0 Å². The molecule has 0 saturated heterocycles. The Bertz CT molecular complexity index is 1050. The maximum Gasteiger partial charge on any atom is 0.203 e. The topological polar surface area (TPSA) is 53.3 Å². The van der Waals surface area contributed by atoms with Gasteiger partial charge >= 0.3 is 0 Å². The van der Waals surface area contributed by atoms with Crippen molar-refractivity contribution in [2.24, 2.45) is 0 Å². The van der Waals surface area contributed by atoms with Crippen LogP contribution >= 0.6 is 0 Å². The van der Waals surface area contributed by atoms with Crippen molar-refractivity contribution in [1.82, 2.24) is 9.78 Å². The summed E-state index contributed by atoms with van der Waals surface area (Å²) in [6.45, 7) is 6.77. The molecule has 0 N–H and O–H groups in total. The molecule has 0 unspecified atom stereocenters. The number of hydrogen-bond donors (Lipinski definition) is 0. The fourth-order valence-corrected chi connectivity index (χ4v) is 3.19. The molecule has 0 amide bonds. The van der Waals surface area contributed by atoms with E-state index in [1.807, 2.05) is 55.5 Å². The Morgan fingerprint density at radius 1 is 1.13 bits per heavy atom. The van der Waals surface area contributed by atoms with Gasteiger partial charge in [-0.2, -0.15) is 5.10 Å². The van der Waals surface area contributed by atoms with Gasteiger partial charge in [-0.1, -0.05) is 36.4 Å². The SMILES string of the molecule is C=CCc1ccccc1OCc1cc(/C=C/C(=O)c2ccnn2CC)ccc1OC. The van der Waals surface area contributed by atoms with Gasteiger partial charge in [0.05, 0.1) is 7.11 Å². The number of carbonyl (C=O) groups is 1. The van der Waals surface area contributed by atoms with Gasteiger partial charge in [-0.3, -0.25) is 9.48 Å². The first-order chi connectivity index (χ1) is 14.7. The minimum atomic E-state index is -0.0821. The third kappa shape index (κ3) is 5.06. The van der Waals surface area contributed by atoms with Crippen LogP contribution in [0.2, 0.25) is 0 Å². The molecule has 0 aliphatic heterocycles. The fraction of sp³-hybridized carbons (Fsp3) is 0.200. The van der Waals surface area contributed by atoms with Crippen LogP contribution in [0.1, 0.15) is 34.1 Å². The summed E-state index contributed by atoms with van der Waals surface area (Å²) in [5, 5.41) is 4.14. The average molecular weight is 402 g/mol. The molecule has 3 aromatic rings. The monoisotopic (exact) mass is 402 g/mol. The van der Waals surface area contributed by atoms with Crippen molar-refractivity contribution >= 4 is 11.9 Å². The van der Waals surface area contributed by atoms with E-state index in [0.29, 0.717) is 18.8 Å². The van der Waals surface area contributed by atoms with Crippen molar-refractivity contribution in [3.63, 3.8) is 0 Å². The maximum absolute atomic E-state index is 12.5. The first kappa shape index (κ1) is 21.1. The van der Waals surface area contributed by atoms with Gasteiger partial charge in [-0.15, -0.1) is 6.58 Å². The molecule has 0 bridgehead atoms. The summed E-state index contributed by atoms with van der Waals surface area (Å²) in [5.74, 6) is 1.48. The van der Waals surface area contributed by atoms with Crippen LogP contribution < -0.4 is 9.47 Å². The molecule has 1 heterocycles. The predicted octanol–water partition coefficient (Wildman–Crippen LogP) is 5.12. The summed E-state index contributed by atoms with van der Waals surface area (Å²) in [6.07, 6.45) is 7.60. The van der Waals surface area contributed by atoms with E-state index in [-0.39, 0.29) is 5.78 Å². The largest absolute Gasteiger partial charge is 0.496 e. The van der Waals surface area contributed by atoms with E-state index >= 15 is 0 Å². The molecule has 3 rings (SSSR count). The summed E-state index contributed by atoms with van der Waals surface area (Å²) < 4.78 is 13.2. The number of para-hydroxylation sites is 1. The molecular formula is C25H26N2O3. The van der Waals surface area contributed by atoms with Crippen LogP contribution in [-0.2, 0) is 19.6 Å². The number of aromatic nitrogens is 2. The minimum Gasteiger partial charge on any atom is -0.496 e. The number of hydrogen-bond acceptors (Lipinski definition) is 4. The highest BCUT2D eigenvalue weighted by molar-refractivity contribution is 6.05. The molecule has 0 saturated carbocycles. The molecule has 0 atom stereocenters. The second-order valence-electron chi connectivity index (χ2n) is 6.69. The van der Waals surface area contributed by atoms with Crippen molar-refractivity contribution < 1.29 is 14.3 Å². The first-order valence-corrected chi connectivity index (χ1v) is 9.89. The molecular weight excluding hydrogens is 376 g/mol. The first-order valence-electron chi connectivity index (χ1n) is 9.89. The van der Waals surface area contributed by atoms with Crippen molar-refractivity contribution in [2.45, 2.75) is 26.5 Å². The quantitative estimate of drug-likeness (QED) is 0.268. The third-order valence-corrected chi connectivity index (χ3v) is 4.72. The van der Waals surface area contributed by atoms with Crippen LogP contribution in [0.4, 0.5) is 0 Å². The minimum absolute atomic E-state index is 0.0821. The van der Waals surface area contributed by atoms with E-state index in [1.54, 1.807) is 36.2 Å². The van der Waals surface area contributed by atoms with Gasteiger partial charge in [0.25, 0.3) is 0 Å². The Morgan fingerprint density at radius 2 is 1.97 bits per heavy atom. The van der Waals surface area contributed by atoms with Crippen molar-refractivity contribution in [3.8, 4) is 11.5 Å². The maximum atomic E-state index is 12.5. The second kappa shape index (κ2) is 10.3. The standard InChI is InChI=1S/C25H26N2O3/c1-4-8-20-9-6-7-10-25(20)30-18-21-17-19(12-14-24(21)29-3)11-13-23(28)22-15-16-26-27(22)5-2/h4,6-7,9-17H,1,5,8,18H2,2-3H3/b13-11+. The Kier molecular flexibility index (Phi) is 7.22. The average Bonchev–Trinajstić information content (AvgIpc) is 3.26. The van der Waals surface area contributed by atoms with Gasteiger partial charge in [-0.05, 0) is 54.8 Å². The zero-order valence-corrected chi connectivity index (χ0v) is 17.4. The number of rotatable bonds is 10. The highest BCUT2D eigenvalue weighted by Crippen LogP contribution is 2.25. The molecule has 0 fully saturated rings. The van der Waals surface area contributed by atoms with Crippen LogP contribution in [0.25, 0.3) is 6.08 Å². The van der Waals surface area contributed by atoms with Gasteiger partial charge in [0.2, 0.25) is 5.78 Å². The number of benzene rings is 2. The van der Waals surface area contributed by atoms with Gasteiger partial charge in [0.15, 0.2) is 0 Å². The molecule has 1 aromatic heterocycles. The predicted molar refractivity (Wildman–Crippen MR) is 119 cm³/mol. The number of ketones is 1. The fourth-order valence-electron chi connectivity index (χ4n) is 3.19. The second-order valence-corrected chi connectivity index (χ2v) is 6.69. The molecule has 154 valence electrons. The number of nitrogens with zero attached hydrogens (tertiary/aromatic N) is 2. The normalized spacial score (nSPS) is 10.9.